The molecule has 1 amide bonds. The number of carbonyl (C=O) groups excluding carboxylic acids is 1. The number of nitriles is 1. The first-order valence-corrected chi connectivity index (χ1v) is 7.31. The molecule has 1 heterocycles. The highest BCUT2D eigenvalue weighted by atomic mass is 16.2. The molecule has 1 aliphatic rings. The molecule has 4 nitrogen and oxygen atoms in total. The predicted molar refractivity (Wildman–Crippen MR) is 76.5 cm³/mol. The first-order valence-electron chi connectivity index (χ1n) is 7.31. The molecule has 0 saturated heterocycles. The number of pyridine rings is 1. The minimum atomic E-state index is -0.848. The summed E-state index contributed by atoms with van der Waals surface area (Å²) in [5.41, 5.74) is -0.0259. The molecule has 1 aliphatic carbocycles. The lowest BCUT2D eigenvalue weighted by Gasteiger charge is -2.25. The fraction of sp³-hybridized carbons (Fsp3) is 0.562. The Kier molecular flexibility index (Phi) is 4.73. The van der Waals surface area contributed by atoms with Crippen LogP contribution in [0.2, 0.25) is 0 Å². The lowest BCUT2D eigenvalue weighted by Crippen LogP contribution is -2.41. The molecule has 0 bridgehead atoms. The summed E-state index contributed by atoms with van der Waals surface area (Å²) in [6.45, 7) is 1.90. The molecule has 1 saturated carbocycles. The fourth-order valence-corrected chi connectivity index (χ4v) is 2.76. The molecule has 0 radical (unpaired) electrons. The van der Waals surface area contributed by atoms with Gasteiger partial charge in [0.05, 0.1) is 17.8 Å². The van der Waals surface area contributed by atoms with Gasteiger partial charge in [-0.3, -0.25) is 9.78 Å². The van der Waals surface area contributed by atoms with Crippen LogP contribution in [-0.2, 0) is 4.79 Å². The van der Waals surface area contributed by atoms with Crippen molar-refractivity contribution in [3.05, 3.63) is 30.1 Å². The quantitative estimate of drug-likeness (QED) is 0.859. The van der Waals surface area contributed by atoms with Crippen molar-refractivity contribution in [1.82, 2.24) is 10.3 Å². The molecular weight excluding hydrogens is 250 g/mol. The molecule has 4 heteroatoms. The molecule has 0 spiro atoms. The van der Waals surface area contributed by atoms with Crippen LogP contribution >= 0.6 is 0 Å². The Balaban J connectivity index is 2.08. The summed E-state index contributed by atoms with van der Waals surface area (Å²) in [4.78, 5) is 16.8. The van der Waals surface area contributed by atoms with Crippen LogP contribution in [0.4, 0.5) is 0 Å². The summed E-state index contributed by atoms with van der Waals surface area (Å²) in [5.74, 6) is -0.139. The Labute approximate surface area is 120 Å². The molecule has 1 unspecified atom stereocenters. The molecular formula is C16H21N3O. The number of aromatic nitrogens is 1. The Morgan fingerprint density at radius 1 is 1.35 bits per heavy atom. The standard InChI is InChI=1S/C16H21N3O/c1-13(14-8-4-7-11-18-14)19-15(20)16(12-17)9-5-2-3-6-10-16/h4,7-8,11,13H,2-3,5-6,9-10H2,1H3,(H,19,20). The molecule has 2 rings (SSSR count). The van der Waals surface area contributed by atoms with Crippen molar-refractivity contribution in [3.8, 4) is 6.07 Å². The van der Waals surface area contributed by atoms with Gasteiger partial charge in [0, 0.05) is 6.20 Å². The molecule has 0 aliphatic heterocycles. The van der Waals surface area contributed by atoms with E-state index >= 15 is 0 Å². The third-order valence-corrected chi connectivity index (χ3v) is 4.08. The summed E-state index contributed by atoms with van der Waals surface area (Å²) in [5, 5.41) is 12.5. The number of hydrogen-bond donors (Lipinski definition) is 1. The van der Waals surface area contributed by atoms with Gasteiger partial charge in [-0.2, -0.15) is 5.26 Å². The second kappa shape index (κ2) is 6.51. The van der Waals surface area contributed by atoms with Crippen molar-refractivity contribution in [2.45, 2.75) is 51.5 Å². The van der Waals surface area contributed by atoms with E-state index in [2.05, 4.69) is 16.4 Å². The largest absolute Gasteiger partial charge is 0.347 e. The van der Waals surface area contributed by atoms with Gasteiger partial charge in [-0.1, -0.05) is 31.7 Å². The highest BCUT2D eigenvalue weighted by Crippen LogP contribution is 2.35. The smallest absolute Gasteiger partial charge is 0.241 e. The maximum absolute atomic E-state index is 12.5. The topological polar surface area (TPSA) is 65.8 Å². The maximum atomic E-state index is 12.5. The average Bonchev–Trinajstić information content (AvgIpc) is 2.74. The van der Waals surface area contributed by atoms with Gasteiger partial charge in [-0.25, -0.2) is 0 Å². The number of nitrogens with zero attached hydrogens (tertiary/aromatic N) is 2. The molecule has 1 aromatic rings. The zero-order valence-corrected chi connectivity index (χ0v) is 11.9. The van der Waals surface area contributed by atoms with Crippen molar-refractivity contribution in [2.75, 3.05) is 0 Å². The number of hydrogen-bond acceptors (Lipinski definition) is 3. The molecule has 0 aromatic carbocycles. The second-order valence-corrected chi connectivity index (χ2v) is 5.56. The van der Waals surface area contributed by atoms with Crippen molar-refractivity contribution >= 4 is 5.91 Å². The van der Waals surface area contributed by atoms with Gasteiger partial charge in [0.1, 0.15) is 5.41 Å². The Bertz CT molecular complexity index is 484. The van der Waals surface area contributed by atoms with Gasteiger partial charge in [0.25, 0.3) is 0 Å². The van der Waals surface area contributed by atoms with Gasteiger partial charge in [0.15, 0.2) is 0 Å². The first-order chi connectivity index (χ1) is 9.68. The lowest BCUT2D eigenvalue weighted by molar-refractivity contribution is -0.129. The number of carbonyl (C=O) groups is 1. The molecule has 1 N–H and O–H groups in total. The SMILES string of the molecule is CC(NC(=O)C1(C#N)CCCCCC1)c1ccccn1. The van der Waals surface area contributed by atoms with Gasteiger partial charge in [0.2, 0.25) is 5.91 Å². The number of nitrogens with one attached hydrogen (secondary N) is 1. The van der Waals surface area contributed by atoms with E-state index in [9.17, 15) is 10.1 Å². The minimum Gasteiger partial charge on any atom is -0.347 e. The van der Waals surface area contributed by atoms with Gasteiger partial charge >= 0.3 is 0 Å². The van der Waals surface area contributed by atoms with E-state index in [4.69, 9.17) is 0 Å². The molecule has 20 heavy (non-hydrogen) atoms. The summed E-state index contributed by atoms with van der Waals surface area (Å²) in [7, 11) is 0. The zero-order chi connectivity index (χ0) is 14.4. The van der Waals surface area contributed by atoms with E-state index in [1.807, 2.05) is 25.1 Å². The fourth-order valence-electron chi connectivity index (χ4n) is 2.76. The second-order valence-electron chi connectivity index (χ2n) is 5.56. The average molecular weight is 271 g/mol. The molecule has 1 aromatic heterocycles. The van der Waals surface area contributed by atoms with Gasteiger partial charge in [-0.15, -0.1) is 0 Å². The van der Waals surface area contributed by atoms with E-state index in [1.165, 1.54) is 0 Å². The van der Waals surface area contributed by atoms with Crippen LogP contribution in [0.25, 0.3) is 0 Å². The van der Waals surface area contributed by atoms with E-state index in [1.54, 1.807) is 6.20 Å². The van der Waals surface area contributed by atoms with E-state index in [0.717, 1.165) is 31.4 Å². The summed E-state index contributed by atoms with van der Waals surface area (Å²) < 4.78 is 0. The summed E-state index contributed by atoms with van der Waals surface area (Å²) >= 11 is 0. The van der Waals surface area contributed by atoms with E-state index in [0.29, 0.717) is 12.8 Å². The molecule has 1 atom stereocenters. The summed E-state index contributed by atoms with van der Waals surface area (Å²) in [6, 6.07) is 7.75. The Morgan fingerprint density at radius 2 is 2.05 bits per heavy atom. The molecule has 106 valence electrons. The maximum Gasteiger partial charge on any atom is 0.241 e. The Morgan fingerprint density at radius 3 is 2.60 bits per heavy atom. The highest BCUT2D eigenvalue weighted by molar-refractivity contribution is 5.85. The van der Waals surface area contributed by atoms with E-state index < -0.39 is 5.41 Å². The minimum absolute atomic E-state index is 0.139. The van der Waals surface area contributed by atoms with E-state index in [-0.39, 0.29) is 11.9 Å². The zero-order valence-electron chi connectivity index (χ0n) is 11.9. The summed E-state index contributed by atoms with van der Waals surface area (Å²) in [6.07, 6.45) is 7.20. The van der Waals surface area contributed by atoms with Crippen LogP contribution < -0.4 is 5.32 Å². The lowest BCUT2D eigenvalue weighted by atomic mass is 9.80. The predicted octanol–water partition coefficient (Wildman–Crippen LogP) is 3.12. The monoisotopic (exact) mass is 271 g/mol. The van der Waals surface area contributed by atoms with Gasteiger partial charge in [-0.05, 0) is 31.9 Å². The van der Waals surface area contributed by atoms with Crippen LogP contribution in [0.15, 0.2) is 24.4 Å². The van der Waals surface area contributed by atoms with Crippen molar-refractivity contribution in [2.24, 2.45) is 5.41 Å². The van der Waals surface area contributed by atoms with Crippen LogP contribution in [0, 0.1) is 16.7 Å². The number of amides is 1. The van der Waals surface area contributed by atoms with Gasteiger partial charge < -0.3 is 5.32 Å². The van der Waals surface area contributed by atoms with Crippen LogP contribution in [0.1, 0.15) is 57.2 Å². The van der Waals surface area contributed by atoms with Crippen LogP contribution in [-0.4, -0.2) is 10.9 Å². The normalized spacial score (nSPS) is 19.4. The van der Waals surface area contributed by atoms with Crippen molar-refractivity contribution in [3.63, 3.8) is 0 Å². The third-order valence-electron chi connectivity index (χ3n) is 4.08. The Hall–Kier alpha value is -1.89. The number of rotatable bonds is 3. The third kappa shape index (κ3) is 3.16. The van der Waals surface area contributed by atoms with Crippen molar-refractivity contribution in [1.29, 1.82) is 5.26 Å². The van der Waals surface area contributed by atoms with Crippen LogP contribution in [0.3, 0.4) is 0 Å². The first kappa shape index (κ1) is 14.5. The van der Waals surface area contributed by atoms with Crippen LogP contribution in [0.5, 0.6) is 0 Å². The van der Waals surface area contributed by atoms with Crippen molar-refractivity contribution < 1.29 is 4.79 Å². The highest BCUT2D eigenvalue weighted by Gasteiger charge is 2.39. The molecule has 1 fully saturated rings.